The van der Waals surface area contributed by atoms with Gasteiger partial charge in [0.2, 0.25) is 0 Å². The average Bonchev–Trinajstić information content (AvgIpc) is 2.40. The molecule has 0 heterocycles. The Morgan fingerprint density at radius 2 is 0.750 bits per heavy atom. The molecular weight excluding hydrogens is 463 g/mol. The van der Waals surface area contributed by atoms with Crippen molar-refractivity contribution in [2.45, 2.75) is 47.6 Å². The topological polar surface area (TPSA) is 37.3 Å². The third-order valence-electron chi connectivity index (χ3n) is 3.14. The molecule has 2 atom stereocenters. The fourth-order valence-corrected chi connectivity index (χ4v) is 1.69. The molecule has 19 heteroatoms. The molecule has 168 valence electrons. The zero-order chi connectivity index (χ0) is 23.6. The maximum Gasteiger partial charge on any atom is 0.457 e. The van der Waals surface area contributed by atoms with Gasteiger partial charge >= 0.3 is 53.6 Å². The summed E-state index contributed by atoms with van der Waals surface area (Å²) in [6, 6.07) is 0. The second-order valence-corrected chi connectivity index (χ2v) is 4.84. The Bertz CT molecular complexity index is 612. The molecule has 0 rings (SSSR count). The molecule has 0 aliphatic carbocycles. The van der Waals surface area contributed by atoms with Crippen LogP contribution in [0.1, 0.15) is 0 Å². The van der Waals surface area contributed by atoms with E-state index in [0.717, 1.165) is 0 Å². The van der Waals surface area contributed by atoms with Crippen LogP contribution < -0.4 is 0 Å². The van der Waals surface area contributed by atoms with Gasteiger partial charge in [-0.1, -0.05) is 0 Å². The van der Waals surface area contributed by atoms with E-state index in [1.807, 2.05) is 0 Å². The molecule has 1 N–H and O–H groups in total. The van der Waals surface area contributed by atoms with Crippen LogP contribution >= 0.6 is 0 Å². The fourth-order valence-electron chi connectivity index (χ4n) is 1.69. The Labute approximate surface area is 139 Å². The summed E-state index contributed by atoms with van der Waals surface area (Å²) in [5.41, 5.74) is -17.8. The molecule has 0 fully saturated rings. The first kappa shape index (κ1) is 26.3. The molecule has 0 aliphatic heterocycles. The minimum atomic E-state index is -9.10. The van der Waals surface area contributed by atoms with Gasteiger partial charge in [0, 0.05) is 0 Å². The number of hydrogen-bond acceptors (Lipinski definition) is 1. The van der Waals surface area contributed by atoms with Crippen LogP contribution in [0.2, 0.25) is 0 Å². The van der Waals surface area contributed by atoms with Gasteiger partial charge in [-0.2, -0.15) is 65.9 Å². The molecule has 2 nitrogen and oxygen atoms in total. The molecule has 0 aliphatic rings. The van der Waals surface area contributed by atoms with E-state index < -0.39 is 53.6 Å². The smallest absolute Gasteiger partial charge is 0.457 e. The molecule has 0 saturated heterocycles. The fraction of sp³-hybridized carbons (Fsp3) is 0.889. The number of carboxylic acids is 1. The monoisotopic (exact) mass is 464 g/mol. The third-order valence-corrected chi connectivity index (χ3v) is 3.14. The van der Waals surface area contributed by atoms with E-state index in [0.29, 0.717) is 0 Å². The highest BCUT2D eigenvalue weighted by molar-refractivity contribution is 5.78. The average molecular weight is 464 g/mol. The summed E-state index contributed by atoms with van der Waals surface area (Å²) in [5.74, 6) is -30.3. The van der Waals surface area contributed by atoms with Crippen LogP contribution in [-0.2, 0) is 4.79 Å². The molecule has 0 spiro atoms. The molecule has 0 saturated carbocycles. The minimum absolute atomic E-state index is 4.69. The second-order valence-electron chi connectivity index (χ2n) is 4.84. The molecule has 0 radical (unpaired) electrons. The van der Waals surface area contributed by atoms with Gasteiger partial charge in [0.25, 0.3) is 0 Å². The van der Waals surface area contributed by atoms with E-state index in [1.54, 1.807) is 0 Å². The van der Waals surface area contributed by atoms with Crippen molar-refractivity contribution in [2.24, 2.45) is 0 Å². The zero-order valence-corrected chi connectivity index (χ0v) is 11.8. The van der Waals surface area contributed by atoms with Crippen molar-refractivity contribution in [3.8, 4) is 0 Å². The first-order valence-corrected chi connectivity index (χ1v) is 5.64. The number of hydrogen-bond donors (Lipinski definition) is 1. The highest BCUT2D eigenvalue weighted by atomic mass is 19.4. The van der Waals surface area contributed by atoms with Crippen molar-refractivity contribution in [1.29, 1.82) is 0 Å². The van der Waals surface area contributed by atoms with Crippen molar-refractivity contribution in [3.63, 3.8) is 0 Å². The summed E-state index contributed by atoms with van der Waals surface area (Å²) < 4.78 is 216. The van der Waals surface area contributed by atoms with Crippen LogP contribution in [0.3, 0.4) is 0 Å². The zero-order valence-electron chi connectivity index (χ0n) is 11.8. The van der Waals surface area contributed by atoms with Crippen molar-refractivity contribution in [2.75, 3.05) is 0 Å². The van der Waals surface area contributed by atoms with E-state index in [-0.39, 0.29) is 0 Å². The Hall–Kier alpha value is -1.72. The summed E-state index contributed by atoms with van der Waals surface area (Å²) in [6.45, 7) is 0. The summed E-state index contributed by atoms with van der Waals surface area (Å²) >= 11 is 0. The standard InChI is InChI=1S/C9HF17O2/c10-2(11,1(27)28)3(12,7(18,19)20)5(14,15)4(13,8(21,22)23)6(16,17)9(24,25)26/h(H,27,28). The van der Waals surface area contributed by atoms with Crippen LogP contribution in [0.15, 0.2) is 0 Å². The quantitative estimate of drug-likeness (QED) is 0.577. The van der Waals surface area contributed by atoms with Gasteiger partial charge in [-0.25, -0.2) is 13.6 Å². The molecular formula is C9HF17O2. The van der Waals surface area contributed by atoms with E-state index in [1.165, 1.54) is 0 Å². The maximum absolute atomic E-state index is 13.6. The largest absolute Gasteiger partial charge is 0.477 e. The SMILES string of the molecule is O=C(O)C(F)(F)C(F)(C(F)(F)F)C(F)(F)C(F)(C(F)(F)F)C(F)(F)C(F)(F)F. The molecule has 0 aromatic heterocycles. The van der Waals surface area contributed by atoms with Crippen molar-refractivity contribution in [3.05, 3.63) is 0 Å². The van der Waals surface area contributed by atoms with Crippen LogP contribution in [0.25, 0.3) is 0 Å². The van der Waals surface area contributed by atoms with Gasteiger partial charge in [-0.3, -0.25) is 0 Å². The van der Waals surface area contributed by atoms with E-state index in [2.05, 4.69) is 0 Å². The number of alkyl halides is 17. The number of halogens is 17. The number of rotatable bonds is 5. The van der Waals surface area contributed by atoms with Gasteiger partial charge in [0.1, 0.15) is 0 Å². The van der Waals surface area contributed by atoms with E-state index >= 15 is 0 Å². The van der Waals surface area contributed by atoms with Crippen LogP contribution in [0, 0.1) is 0 Å². The Morgan fingerprint density at radius 1 is 0.464 bits per heavy atom. The second kappa shape index (κ2) is 6.14. The molecule has 0 amide bonds. The molecule has 0 bridgehead atoms. The van der Waals surface area contributed by atoms with Crippen molar-refractivity contribution < 1.29 is 84.5 Å². The van der Waals surface area contributed by atoms with Crippen LogP contribution in [0.5, 0.6) is 0 Å². The van der Waals surface area contributed by atoms with Crippen molar-refractivity contribution >= 4 is 5.97 Å². The third kappa shape index (κ3) is 2.91. The minimum Gasteiger partial charge on any atom is -0.477 e. The first-order chi connectivity index (χ1) is 11.7. The van der Waals surface area contributed by atoms with Crippen LogP contribution in [0.4, 0.5) is 74.6 Å². The lowest BCUT2D eigenvalue weighted by molar-refractivity contribution is -0.465. The molecule has 0 aromatic rings. The van der Waals surface area contributed by atoms with E-state index in [4.69, 9.17) is 5.11 Å². The summed E-state index contributed by atoms with van der Waals surface area (Å²) in [5, 5.41) is 7.70. The molecule has 0 aromatic carbocycles. The van der Waals surface area contributed by atoms with Gasteiger partial charge in [0.15, 0.2) is 0 Å². The van der Waals surface area contributed by atoms with Gasteiger partial charge in [-0.05, 0) is 0 Å². The summed E-state index contributed by atoms with van der Waals surface area (Å²) in [4.78, 5) is 9.95. The van der Waals surface area contributed by atoms with Gasteiger partial charge in [-0.15, -0.1) is 0 Å². The number of carbonyl (C=O) groups is 1. The van der Waals surface area contributed by atoms with E-state index in [9.17, 15) is 79.4 Å². The first-order valence-electron chi connectivity index (χ1n) is 5.64. The van der Waals surface area contributed by atoms with Crippen molar-refractivity contribution in [1.82, 2.24) is 0 Å². The predicted molar refractivity (Wildman–Crippen MR) is 48.3 cm³/mol. The summed E-state index contributed by atoms with van der Waals surface area (Å²) in [6.07, 6.45) is -24.9. The highest BCUT2D eigenvalue weighted by Crippen LogP contribution is 2.66. The Morgan fingerprint density at radius 3 is 0.929 bits per heavy atom. The lowest BCUT2D eigenvalue weighted by Gasteiger charge is -2.46. The number of carboxylic acid groups (broad SMARTS) is 1. The molecule has 28 heavy (non-hydrogen) atoms. The molecule has 2 unspecified atom stereocenters. The Balaban J connectivity index is 7.56. The summed E-state index contributed by atoms with van der Waals surface area (Å²) in [7, 11) is 0. The predicted octanol–water partition coefficient (Wildman–Crippen LogP) is 5.08. The van der Waals surface area contributed by atoms with Gasteiger partial charge in [0.05, 0.1) is 0 Å². The maximum atomic E-state index is 13.6. The number of aliphatic carboxylic acids is 1. The lowest BCUT2D eigenvalue weighted by Crippen LogP contribution is -2.81. The van der Waals surface area contributed by atoms with Crippen LogP contribution in [-0.4, -0.2) is 58.7 Å². The lowest BCUT2D eigenvalue weighted by atomic mass is 9.76. The normalized spacial score (nSPS) is 19.8. The van der Waals surface area contributed by atoms with Gasteiger partial charge < -0.3 is 5.11 Å². The highest BCUT2D eigenvalue weighted by Gasteiger charge is 3.00. The Kier molecular flexibility index (Phi) is 5.76.